The van der Waals surface area contributed by atoms with Crippen molar-refractivity contribution in [1.82, 2.24) is 9.47 Å². The van der Waals surface area contributed by atoms with E-state index in [1.807, 2.05) is 12.1 Å². The Morgan fingerprint density at radius 2 is 1.74 bits per heavy atom. The maximum absolute atomic E-state index is 12.6. The highest BCUT2D eigenvalue weighted by Gasteiger charge is 2.31. The molecular formula is C14H13F3N4O2. The highest BCUT2D eigenvalue weighted by Crippen LogP contribution is 2.27. The molecule has 0 aliphatic heterocycles. The smallest absolute Gasteiger partial charge is 0.339 e. The number of nitrogens with zero attached hydrogens (tertiary/aromatic N) is 4. The van der Waals surface area contributed by atoms with E-state index in [9.17, 15) is 22.8 Å². The highest BCUT2D eigenvalue weighted by atomic mass is 19.4. The van der Waals surface area contributed by atoms with E-state index in [-0.39, 0.29) is 25.9 Å². The third kappa shape index (κ3) is 5.47. The van der Waals surface area contributed by atoms with Gasteiger partial charge >= 0.3 is 6.18 Å². The van der Waals surface area contributed by atoms with Gasteiger partial charge in [0.15, 0.2) is 0 Å². The van der Waals surface area contributed by atoms with Crippen molar-refractivity contribution in [2.24, 2.45) is 0 Å². The molecule has 23 heavy (non-hydrogen) atoms. The lowest BCUT2D eigenvalue weighted by molar-refractivity contribution is -0.138. The minimum Gasteiger partial charge on any atom is -0.339 e. The summed E-state index contributed by atoms with van der Waals surface area (Å²) in [6, 6.07) is 5.07. The van der Waals surface area contributed by atoms with Crippen LogP contribution in [0.5, 0.6) is 0 Å². The van der Waals surface area contributed by atoms with E-state index >= 15 is 0 Å². The normalized spacial score (nSPS) is 10.7. The van der Waals surface area contributed by atoms with Gasteiger partial charge in [0.1, 0.15) is 6.54 Å². The first-order chi connectivity index (χ1) is 10.8. The van der Waals surface area contributed by atoms with E-state index in [0.29, 0.717) is 16.8 Å². The van der Waals surface area contributed by atoms with Crippen LogP contribution in [0, 0.1) is 22.7 Å². The van der Waals surface area contributed by atoms with Gasteiger partial charge in [-0.05, 0) is 6.07 Å². The molecule has 0 bridgehead atoms. The quantitative estimate of drug-likeness (QED) is 0.792. The third-order valence-corrected chi connectivity index (χ3v) is 2.96. The molecule has 1 aromatic heterocycles. The van der Waals surface area contributed by atoms with E-state index in [1.165, 1.54) is 4.90 Å². The Labute approximate surface area is 130 Å². The molecule has 0 saturated carbocycles. The first kappa shape index (κ1) is 18.2. The van der Waals surface area contributed by atoms with Crippen molar-refractivity contribution in [3.63, 3.8) is 0 Å². The van der Waals surface area contributed by atoms with Gasteiger partial charge in [0.05, 0.1) is 30.5 Å². The van der Waals surface area contributed by atoms with Crippen molar-refractivity contribution < 1.29 is 18.0 Å². The Hall–Kier alpha value is -2.81. The van der Waals surface area contributed by atoms with Gasteiger partial charge in [-0.1, -0.05) is 0 Å². The molecule has 0 spiro atoms. The van der Waals surface area contributed by atoms with Gasteiger partial charge in [0, 0.05) is 25.4 Å². The number of nitriles is 2. The van der Waals surface area contributed by atoms with Gasteiger partial charge in [0.2, 0.25) is 5.91 Å². The number of rotatable bonds is 6. The zero-order valence-corrected chi connectivity index (χ0v) is 12.0. The summed E-state index contributed by atoms with van der Waals surface area (Å²) < 4.78 is 38.6. The largest absolute Gasteiger partial charge is 0.417 e. The van der Waals surface area contributed by atoms with E-state index in [2.05, 4.69) is 0 Å². The Bertz CT molecular complexity index is 680. The standard InChI is InChI=1S/C14H13F3N4O2/c15-14(16,17)11-3-4-12(22)21(9-11)10-13(23)20(7-1-5-18)8-2-6-19/h3-4,9H,1-2,7-8,10H2. The SMILES string of the molecule is N#CCCN(CCC#N)C(=O)Cn1cc(C(F)(F)F)ccc1=O. The topological polar surface area (TPSA) is 89.9 Å². The molecular weight excluding hydrogens is 313 g/mol. The Morgan fingerprint density at radius 3 is 2.22 bits per heavy atom. The lowest BCUT2D eigenvalue weighted by Gasteiger charge is -2.21. The number of amides is 1. The average molecular weight is 326 g/mol. The second kappa shape index (κ2) is 7.99. The van der Waals surface area contributed by atoms with E-state index in [4.69, 9.17) is 10.5 Å². The Balaban J connectivity index is 2.95. The molecule has 9 heteroatoms. The summed E-state index contributed by atoms with van der Waals surface area (Å²) in [5.74, 6) is -0.628. The minimum atomic E-state index is -4.63. The lowest BCUT2D eigenvalue weighted by Crippen LogP contribution is -2.37. The van der Waals surface area contributed by atoms with Gasteiger partial charge in [-0.15, -0.1) is 0 Å². The fourth-order valence-electron chi connectivity index (χ4n) is 1.80. The second-order valence-corrected chi connectivity index (χ2v) is 4.58. The molecule has 122 valence electrons. The fourth-order valence-corrected chi connectivity index (χ4v) is 1.80. The molecule has 1 rings (SSSR count). The van der Waals surface area contributed by atoms with Crippen molar-refractivity contribution in [2.45, 2.75) is 25.6 Å². The Morgan fingerprint density at radius 1 is 1.17 bits per heavy atom. The summed E-state index contributed by atoms with van der Waals surface area (Å²) in [6.07, 6.45) is -4.00. The van der Waals surface area contributed by atoms with Crippen LogP contribution in [-0.4, -0.2) is 28.5 Å². The number of hydrogen-bond donors (Lipinski definition) is 0. The van der Waals surface area contributed by atoms with Crippen molar-refractivity contribution >= 4 is 5.91 Å². The molecule has 0 aliphatic carbocycles. The zero-order chi connectivity index (χ0) is 17.5. The van der Waals surface area contributed by atoms with E-state index in [0.717, 1.165) is 6.07 Å². The van der Waals surface area contributed by atoms with Crippen LogP contribution in [0.4, 0.5) is 13.2 Å². The number of aromatic nitrogens is 1. The van der Waals surface area contributed by atoms with Gasteiger partial charge in [0.25, 0.3) is 5.56 Å². The maximum Gasteiger partial charge on any atom is 0.417 e. The molecule has 0 atom stereocenters. The van der Waals surface area contributed by atoms with Gasteiger partial charge in [-0.2, -0.15) is 23.7 Å². The zero-order valence-electron chi connectivity index (χ0n) is 12.0. The molecule has 1 aromatic rings. The summed E-state index contributed by atoms with van der Waals surface area (Å²) in [5, 5.41) is 17.1. The summed E-state index contributed by atoms with van der Waals surface area (Å²) in [6.45, 7) is -0.491. The minimum absolute atomic E-state index is 0.0225. The van der Waals surface area contributed by atoms with Crippen molar-refractivity contribution in [3.05, 3.63) is 34.2 Å². The molecule has 0 saturated heterocycles. The number of halogens is 3. The van der Waals surface area contributed by atoms with Crippen LogP contribution in [0.3, 0.4) is 0 Å². The fraction of sp³-hybridized carbons (Fsp3) is 0.429. The first-order valence-corrected chi connectivity index (χ1v) is 6.59. The van der Waals surface area contributed by atoms with Crippen LogP contribution >= 0.6 is 0 Å². The summed E-state index contributed by atoms with van der Waals surface area (Å²) in [7, 11) is 0. The molecule has 0 aliphatic rings. The molecule has 0 aromatic carbocycles. The lowest BCUT2D eigenvalue weighted by atomic mass is 10.2. The molecule has 0 unspecified atom stereocenters. The second-order valence-electron chi connectivity index (χ2n) is 4.58. The number of carbonyl (C=O) groups excluding carboxylic acids is 1. The van der Waals surface area contributed by atoms with E-state index in [1.54, 1.807) is 0 Å². The van der Waals surface area contributed by atoms with E-state index < -0.39 is 29.8 Å². The predicted molar refractivity (Wildman–Crippen MR) is 72.7 cm³/mol. The summed E-state index contributed by atoms with van der Waals surface area (Å²) in [5.41, 5.74) is -1.78. The van der Waals surface area contributed by atoms with Crippen LogP contribution < -0.4 is 5.56 Å². The first-order valence-electron chi connectivity index (χ1n) is 6.59. The highest BCUT2D eigenvalue weighted by molar-refractivity contribution is 5.76. The van der Waals surface area contributed by atoms with Crippen molar-refractivity contribution in [3.8, 4) is 12.1 Å². The summed E-state index contributed by atoms with van der Waals surface area (Å²) in [4.78, 5) is 24.9. The maximum atomic E-state index is 12.6. The molecule has 1 amide bonds. The number of hydrogen-bond acceptors (Lipinski definition) is 4. The molecule has 6 nitrogen and oxygen atoms in total. The average Bonchev–Trinajstić information content (AvgIpc) is 2.48. The monoisotopic (exact) mass is 326 g/mol. The van der Waals surface area contributed by atoms with Gasteiger partial charge in [-0.25, -0.2) is 0 Å². The van der Waals surface area contributed by atoms with Gasteiger partial charge in [-0.3, -0.25) is 9.59 Å². The molecule has 0 N–H and O–H groups in total. The van der Waals surface area contributed by atoms with Crippen LogP contribution in [0.1, 0.15) is 18.4 Å². The molecule has 0 radical (unpaired) electrons. The molecule has 0 fully saturated rings. The predicted octanol–water partition coefficient (Wildman–Crippen LogP) is 1.52. The number of pyridine rings is 1. The van der Waals surface area contributed by atoms with Gasteiger partial charge < -0.3 is 9.47 Å². The molecule has 1 heterocycles. The van der Waals surface area contributed by atoms with Crippen molar-refractivity contribution in [1.29, 1.82) is 10.5 Å². The summed E-state index contributed by atoms with van der Waals surface area (Å²) >= 11 is 0. The number of alkyl halides is 3. The number of carbonyl (C=O) groups is 1. The van der Waals surface area contributed by atoms with Crippen LogP contribution in [-0.2, 0) is 17.5 Å². The third-order valence-electron chi connectivity index (χ3n) is 2.96. The van der Waals surface area contributed by atoms with Crippen LogP contribution in [0.25, 0.3) is 0 Å². The van der Waals surface area contributed by atoms with Crippen LogP contribution in [0.15, 0.2) is 23.1 Å². The van der Waals surface area contributed by atoms with Crippen LogP contribution in [0.2, 0.25) is 0 Å². The van der Waals surface area contributed by atoms with Crippen molar-refractivity contribution in [2.75, 3.05) is 13.1 Å². The Kier molecular flexibility index (Phi) is 6.34.